The van der Waals surface area contributed by atoms with Crippen molar-refractivity contribution in [3.63, 3.8) is 0 Å². The van der Waals surface area contributed by atoms with Crippen molar-refractivity contribution in [3.05, 3.63) is 0 Å². The van der Waals surface area contributed by atoms with E-state index in [1.54, 1.807) is 7.11 Å². The second kappa shape index (κ2) is 8.51. The van der Waals surface area contributed by atoms with Gasteiger partial charge in [-0.15, -0.1) is 0 Å². The highest BCUT2D eigenvalue weighted by molar-refractivity contribution is 5.72. The minimum absolute atomic E-state index is 0.0176. The molecule has 0 amide bonds. The first-order valence-electron chi connectivity index (χ1n) is 6.93. The Hall–Kier alpha value is -0.570. The van der Waals surface area contributed by atoms with Crippen LogP contribution in [0.5, 0.6) is 0 Å². The molecule has 1 rings (SSSR count). The number of ether oxygens (including phenoxy) is 2. The average molecular weight is 242 g/mol. The molecule has 100 valence electrons. The Labute approximate surface area is 105 Å². The number of rotatable bonds is 7. The maximum absolute atomic E-state index is 11.7. The van der Waals surface area contributed by atoms with Gasteiger partial charge in [-0.1, -0.05) is 26.2 Å². The van der Waals surface area contributed by atoms with E-state index in [-0.39, 0.29) is 11.9 Å². The van der Waals surface area contributed by atoms with Crippen LogP contribution in [0.2, 0.25) is 0 Å². The molecule has 1 fully saturated rings. The smallest absolute Gasteiger partial charge is 0.309 e. The van der Waals surface area contributed by atoms with Gasteiger partial charge in [0, 0.05) is 7.11 Å². The van der Waals surface area contributed by atoms with Gasteiger partial charge >= 0.3 is 5.97 Å². The second-order valence-corrected chi connectivity index (χ2v) is 5.02. The lowest BCUT2D eigenvalue weighted by Gasteiger charge is -2.27. The number of methoxy groups -OCH3 is 1. The van der Waals surface area contributed by atoms with Crippen molar-refractivity contribution in [2.75, 3.05) is 20.3 Å². The zero-order valence-electron chi connectivity index (χ0n) is 11.2. The monoisotopic (exact) mass is 242 g/mol. The Kier molecular flexibility index (Phi) is 7.25. The van der Waals surface area contributed by atoms with Crippen molar-refractivity contribution in [1.82, 2.24) is 0 Å². The summed E-state index contributed by atoms with van der Waals surface area (Å²) in [7, 11) is 1.62. The van der Waals surface area contributed by atoms with Gasteiger partial charge in [-0.05, 0) is 31.6 Å². The first-order chi connectivity index (χ1) is 8.27. The molecule has 1 saturated carbocycles. The van der Waals surface area contributed by atoms with Crippen LogP contribution in [-0.2, 0) is 14.3 Å². The van der Waals surface area contributed by atoms with Crippen LogP contribution in [0.3, 0.4) is 0 Å². The van der Waals surface area contributed by atoms with Gasteiger partial charge in [0.1, 0.15) is 6.61 Å². The van der Waals surface area contributed by atoms with Gasteiger partial charge in [-0.2, -0.15) is 0 Å². The largest absolute Gasteiger partial charge is 0.463 e. The molecule has 0 heterocycles. The topological polar surface area (TPSA) is 35.5 Å². The summed E-state index contributed by atoms with van der Waals surface area (Å²) in [5.41, 5.74) is 0. The summed E-state index contributed by atoms with van der Waals surface area (Å²) in [6.45, 7) is 3.13. The molecule has 0 aromatic rings. The lowest BCUT2D eigenvalue weighted by molar-refractivity contribution is -0.151. The van der Waals surface area contributed by atoms with E-state index in [0.29, 0.717) is 13.2 Å². The predicted molar refractivity (Wildman–Crippen MR) is 67.8 cm³/mol. The summed E-state index contributed by atoms with van der Waals surface area (Å²) >= 11 is 0. The molecule has 0 spiro atoms. The Morgan fingerprint density at radius 3 is 2.47 bits per heavy atom. The molecule has 0 radical (unpaired) electrons. The molecular weight excluding hydrogens is 216 g/mol. The van der Waals surface area contributed by atoms with Crippen molar-refractivity contribution in [3.8, 4) is 0 Å². The molecule has 0 aromatic heterocycles. The van der Waals surface area contributed by atoms with Gasteiger partial charge in [-0.25, -0.2) is 0 Å². The highest BCUT2D eigenvalue weighted by Crippen LogP contribution is 2.32. The molecule has 0 unspecified atom stereocenters. The van der Waals surface area contributed by atoms with E-state index in [1.807, 2.05) is 0 Å². The third kappa shape index (κ3) is 5.53. The van der Waals surface area contributed by atoms with Crippen molar-refractivity contribution < 1.29 is 14.3 Å². The number of unbranched alkanes of at least 4 members (excludes halogenated alkanes) is 1. The van der Waals surface area contributed by atoms with Gasteiger partial charge in [0.15, 0.2) is 0 Å². The van der Waals surface area contributed by atoms with Crippen LogP contribution in [0.25, 0.3) is 0 Å². The number of hydrogen-bond donors (Lipinski definition) is 0. The molecule has 3 heteroatoms. The van der Waals surface area contributed by atoms with Crippen LogP contribution in [0.4, 0.5) is 0 Å². The first-order valence-corrected chi connectivity index (χ1v) is 6.93. The Bertz CT molecular complexity index is 208. The predicted octanol–water partition coefficient (Wildman–Crippen LogP) is 3.17. The molecule has 0 atom stereocenters. The van der Waals surface area contributed by atoms with Gasteiger partial charge < -0.3 is 9.47 Å². The molecule has 17 heavy (non-hydrogen) atoms. The van der Waals surface area contributed by atoms with Gasteiger partial charge in [0.25, 0.3) is 0 Å². The van der Waals surface area contributed by atoms with Gasteiger partial charge in [0.2, 0.25) is 0 Å². The zero-order valence-corrected chi connectivity index (χ0v) is 11.2. The molecule has 0 N–H and O–H groups in total. The van der Waals surface area contributed by atoms with Crippen molar-refractivity contribution in [2.24, 2.45) is 11.8 Å². The summed E-state index contributed by atoms with van der Waals surface area (Å²) in [5.74, 6) is 0.971. The van der Waals surface area contributed by atoms with Crippen molar-refractivity contribution >= 4 is 5.97 Å². The molecule has 0 aromatic carbocycles. The van der Waals surface area contributed by atoms with E-state index in [4.69, 9.17) is 9.47 Å². The second-order valence-electron chi connectivity index (χ2n) is 5.02. The van der Waals surface area contributed by atoms with E-state index in [1.165, 1.54) is 32.1 Å². The Balaban J connectivity index is 2.15. The van der Waals surface area contributed by atoms with Crippen LogP contribution in [0.1, 0.15) is 51.9 Å². The van der Waals surface area contributed by atoms with Crippen molar-refractivity contribution in [2.45, 2.75) is 51.9 Å². The maximum atomic E-state index is 11.7. The number of carbonyl (C=O) groups is 1. The van der Waals surface area contributed by atoms with E-state index in [9.17, 15) is 4.79 Å². The van der Waals surface area contributed by atoms with Crippen LogP contribution < -0.4 is 0 Å². The molecule has 1 aliphatic rings. The third-order valence-electron chi connectivity index (χ3n) is 3.68. The fraction of sp³-hybridized carbons (Fsp3) is 0.929. The molecule has 0 saturated heterocycles. The minimum Gasteiger partial charge on any atom is -0.463 e. The third-order valence-corrected chi connectivity index (χ3v) is 3.68. The number of esters is 1. The summed E-state index contributed by atoms with van der Waals surface area (Å²) in [6.07, 6.45) is 8.36. The van der Waals surface area contributed by atoms with Crippen LogP contribution >= 0.6 is 0 Å². The van der Waals surface area contributed by atoms with Gasteiger partial charge in [0.05, 0.1) is 12.5 Å². The summed E-state index contributed by atoms with van der Waals surface area (Å²) in [5, 5.41) is 0. The van der Waals surface area contributed by atoms with E-state index < -0.39 is 0 Å². The fourth-order valence-corrected chi connectivity index (χ4v) is 2.52. The van der Waals surface area contributed by atoms with Crippen molar-refractivity contribution in [1.29, 1.82) is 0 Å². The number of carbonyl (C=O) groups excluding carboxylic acids is 1. The quantitative estimate of drug-likeness (QED) is 0.508. The summed E-state index contributed by atoms with van der Waals surface area (Å²) in [4.78, 5) is 11.7. The molecular formula is C14H26O3. The first kappa shape index (κ1) is 14.5. The molecule has 3 nitrogen and oxygen atoms in total. The Morgan fingerprint density at radius 1 is 1.18 bits per heavy atom. The number of hydrogen-bond acceptors (Lipinski definition) is 3. The maximum Gasteiger partial charge on any atom is 0.309 e. The molecule has 0 bridgehead atoms. The molecule has 0 aliphatic heterocycles. The Morgan fingerprint density at radius 2 is 1.88 bits per heavy atom. The molecule has 1 aliphatic carbocycles. The van der Waals surface area contributed by atoms with E-state index >= 15 is 0 Å². The minimum atomic E-state index is -0.0176. The summed E-state index contributed by atoms with van der Waals surface area (Å²) < 4.78 is 10.0. The van der Waals surface area contributed by atoms with E-state index in [0.717, 1.165) is 18.8 Å². The van der Waals surface area contributed by atoms with Gasteiger partial charge in [-0.3, -0.25) is 4.79 Å². The van der Waals surface area contributed by atoms with Crippen LogP contribution in [0.15, 0.2) is 0 Å². The lowest BCUT2D eigenvalue weighted by Crippen LogP contribution is -2.24. The van der Waals surface area contributed by atoms with Crippen LogP contribution in [-0.4, -0.2) is 26.3 Å². The standard InChI is InChI=1S/C14H26O3/c1-3-4-5-12-6-8-13(9-7-12)14(15)17-11-10-16-2/h12-13H,3-11H2,1-2H3. The van der Waals surface area contributed by atoms with E-state index in [2.05, 4.69) is 6.92 Å². The van der Waals surface area contributed by atoms with Crippen LogP contribution in [0, 0.1) is 11.8 Å². The average Bonchev–Trinajstić information content (AvgIpc) is 2.37. The SMILES string of the molecule is CCCCC1CCC(C(=O)OCCOC)CC1. The summed E-state index contributed by atoms with van der Waals surface area (Å²) in [6, 6.07) is 0. The highest BCUT2D eigenvalue weighted by Gasteiger charge is 2.26. The lowest BCUT2D eigenvalue weighted by atomic mass is 9.80. The zero-order chi connectivity index (χ0) is 12.5. The normalized spacial score (nSPS) is 24.6. The fourth-order valence-electron chi connectivity index (χ4n) is 2.52. The highest BCUT2D eigenvalue weighted by atomic mass is 16.6.